The van der Waals surface area contributed by atoms with Crippen molar-refractivity contribution in [1.82, 2.24) is 4.90 Å². The highest BCUT2D eigenvalue weighted by atomic mass is 19.2. The number of halogens is 2. The molecule has 16 heavy (non-hydrogen) atoms. The Balaban J connectivity index is 2.77. The van der Waals surface area contributed by atoms with E-state index in [0.29, 0.717) is 0 Å². The number of hydrogen-bond donors (Lipinski definition) is 0. The Bertz CT molecular complexity index is 391. The summed E-state index contributed by atoms with van der Waals surface area (Å²) in [6.07, 6.45) is 0. The number of Topliss-reactive ketones (excluding diaryl/α,β-unsaturated/α-hetero) is 1. The Morgan fingerprint density at radius 1 is 1.31 bits per heavy atom. The monoisotopic (exact) mass is 227 g/mol. The molecule has 2 nitrogen and oxygen atoms in total. The van der Waals surface area contributed by atoms with Gasteiger partial charge in [-0.15, -0.1) is 0 Å². The normalized spacial score (nSPS) is 11.2. The van der Waals surface area contributed by atoms with Crippen molar-refractivity contribution in [2.75, 3.05) is 13.6 Å². The molecule has 0 saturated carbocycles. The molecule has 0 bridgehead atoms. The van der Waals surface area contributed by atoms with Crippen molar-refractivity contribution in [3.8, 4) is 0 Å². The summed E-state index contributed by atoms with van der Waals surface area (Å²) in [5, 5.41) is 0. The fraction of sp³-hybridized carbons (Fsp3) is 0.417. The Morgan fingerprint density at radius 3 is 2.44 bits per heavy atom. The molecule has 0 aliphatic carbocycles. The van der Waals surface area contributed by atoms with Crippen LogP contribution >= 0.6 is 0 Å². The first-order valence-electron chi connectivity index (χ1n) is 5.10. The van der Waals surface area contributed by atoms with Crippen LogP contribution in [-0.4, -0.2) is 30.3 Å². The summed E-state index contributed by atoms with van der Waals surface area (Å²) in [4.78, 5) is 13.5. The van der Waals surface area contributed by atoms with Gasteiger partial charge in [-0.1, -0.05) is 0 Å². The minimum absolute atomic E-state index is 0.197. The van der Waals surface area contributed by atoms with E-state index in [1.54, 1.807) is 0 Å². The molecule has 0 atom stereocenters. The molecule has 0 aromatic heterocycles. The van der Waals surface area contributed by atoms with Gasteiger partial charge in [0.1, 0.15) is 0 Å². The van der Waals surface area contributed by atoms with Crippen LogP contribution < -0.4 is 0 Å². The number of carbonyl (C=O) groups is 1. The zero-order chi connectivity index (χ0) is 12.3. The van der Waals surface area contributed by atoms with Gasteiger partial charge < -0.3 is 0 Å². The van der Waals surface area contributed by atoms with E-state index in [1.165, 1.54) is 6.07 Å². The number of carbonyl (C=O) groups excluding carboxylic acids is 1. The Hall–Kier alpha value is -1.29. The molecule has 1 aromatic rings. The Morgan fingerprint density at radius 2 is 1.94 bits per heavy atom. The maximum absolute atomic E-state index is 12.9. The Labute approximate surface area is 93.9 Å². The van der Waals surface area contributed by atoms with E-state index in [2.05, 4.69) is 0 Å². The summed E-state index contributed by atoms with van der Waals surface area (Å²) < 4.78 is 25.6. The summed E-state index contributed by atoms with van der Waals surface area (Å²) in [5.74, 6) is -2.14. The molecule has 0 fully saturated rings. The molecule has 0 heterocycles. The van der Waals surface area contributed by atoms with E-state index in [1.807, 2.05) is 25.8 Å². The molecular weight excluding hydrogens is 212 g/mol. The lowest BCUT2D eigenvalue weighted by Gasteiger charge is -2.19. The molecule has 0 unspecified atom stereocenters. The van der Waals surface area contributed by atoms with Gasteiger partial charge in [0.25, 0.3) is 0 Å². The number of likely N-dealkylation sites (N-methyl/N-ethyl adjacent to an activating group) is 1. The van der Waals surface area contributed by atoms with Crippen molar-refractivity contribution >= 4 is 5.78 Å². The predicted octanol–water partition coefficient (Wildman–Crippen LogP) is 2.49. The lowest BCUT2D eigenvalue weighted by Crippen LogP contribution is -2.31. The van der Waals surface area contributed by atoms with Crippen LogP contribution in [0.1, 0.15) is 24.2 Å². The molecule has 1 aromatic carbocycles. The fourth-order valence-corrected chi connectivity index (χ4v) is 1.17. The first-order valence-corrected chi connectivity index (χ1v) is 5.10. The highest BCUT2D eigenvalue weighted by Gasteiger charge is 2.13. The molecule has 0 spiro atoms. The number of ketones is 1. The predicted molar refractivity (Wildman–Crippen MR) is 58.5 cm³/mol. The van der Waals surface area contributed by atoms with Crippen LogP contribution in [0.4, 0.5) is 8.78 Å². The van der Waals surface area contributed by atoms with Crippen LogP contribution in [0.3, 0.4) is 0 Å². The van der Waals surface area contributed by atoms with Gasteiger partial charge in [-0.05, 0) is 39.1 Å². The third-order valence-electron chi connectivity index (χ3n) is 2.52. The minimum Gasteiger partial charge on any atom is -0.296 e. The van der Waals surface area contributed by atoms with E-state index in [0.717, 1.165) is 12.1 Å². The lowest BCUT2D eigenvalue weighted by molar-refractivity contribution is 0.0929. The van der Waals surface area contributed by atoms with Gasteiger partial charge in [0.2, 0.25) is 0 Å². The van der Waals surface area contributed by atoms with E-state index in [-0.39, 0.29) is 23.9 Å². The van der Waals surface area contributed by atoms with Crippen molar-refractivity contribution in [3.05, 3.63) is 35.4 Å². The number of hydrogen-bond acceptors (Lipinski definition) is 2. The third kappa shape index (κ3) is 3.10. The molecule has 0 radical (unpaired) electrons. The molecule has 0 aliphatic heterocycles. The standard InChI is InChI=1S/C12H15F2NO/c1-8(2)15(3)7-12(16)9-4-5-10(13)11(14)6-9/h4-6,8H,7H2,1-3H3. The van der Waals surface area contributed by atoms with Crippen molar-refractivity contribution < 1.29 is 13.6 Å². The van der Waals surface area contributed by atoms with Gasteiger partial charge in [-0.3, -0.25) is 9.69 Å². The summed E-state index contributed by atoms with van der Waals surface area (Å²) in [5.41, 5.74) is 0.200. The highest BCUT2D eigenvalue weighted by molar-refractivity contribution is 5.97. The quantitative estimate of drug-likeness (QED) is 0.736. The van der Waals surface area contributed by atoms with Crippen molar-refractivity contribution in [1.29, 1.82) is 0 Å². The summed E-state index contributed by atoms with van der Waals surface area (Å²) >= 11 is 0. The smallest absolute Gasteiger partial charge is 0.176 e. The minimum atomic E-state index is -0.988. The average molecular weight is 227 g/mol. The van der Waals surface area contributed by atoms with Gasteiger partial charge in [-0.25, -0.2) is 8.78 Å². The lowest BCUT2D eigenvalue weighted by atomic mass is 10.1. The fourth-order valence-electron chi connectivity index (χ4n) is 1.17. The zero-order valence-corrected chi connectivity index (χ0v) is 9.63. The van der Waals surface area contributed by atoms with Crippen LogP contribution in [0.5, 0.6) is 0 Å². The van der Waals surface area contributed by atoms with E-state index < -0.39 is 11.6 Å². The van der Waals surface area contributed by atoms with Crippen LogP contribution in [-0.2, 0) is 0 Å². The molecular formula is C12H15F2NO. The van der Waals surface area contributed by atoms with Gasteiger partial charge in [0.15, 0.2) is 17.4 Å². The number of benzene rings is 1. The first-order chi connectivity index (χ1) is 7.41. The molecule has 0 aliphatic rings. The van der Waals surface area contributed by atoms with E-state index in [9.17, 15) is 13.6 Å². The van der Waals surface area contributed by atoms with E-state index >= 15 is 0 Å². The summed E-state index contributed by atoms with van der Waals surface area (Å²) in [6.45, 7) is 4.11. The molecule has 0 saturated heterocycles. The number of nitrogens with zero attached hydrogens (tertiary/aromatic N) is 1. The number of rotatable bonds is 4. The molecule has 0 N–H and O–H groups in total. The summed E-state index contributed by atoms with van der Waals surface area (Å²) in [7, 11) is 1.81. The van der Waals surface area contributed by atoms with Crippen LogP contribution in [0.15, 0.2) is 18.2 Å². The Kier molecular flexibility index (Phi) is 4.12. The van der Waals surface area contributed by atoms with Crippen molar-refractivity contribution in [2.45, 2.75) is 19.9 Å². The van der Waals surface area contributed by atoms with E-state index in [4.69, 9.17) is 0 Å². The van der Waals surface area contributed by atoms with Gasteiger partial charge >= 0.3 is 0 Å². The van der Waals surface area contributed by atoms with Crippen LogP contribution in [0.2, 0.25) is 0 Å². The van der Waals surface area contributed by atoms with Crippen LogP contribution in [0, 0.1) is 11.6 Å². The molecule has 0 amide bonds. The SMILES string of the molecule is CC(C)N(C)CC(=O)c1ccc(F)c(F)c1. The third-order valence-corrected chi connectivity index (χ3v) is 2.52. The van der Waals surface area contributed by atoms with Gasteiger partial charge in [0, 0.05) is 11.6 Å². The van der Waals surface area contributed by atoms with Crippen LogP contribution in [0.25, 0.3) is 0 Å². The van der Waals surface area contributed by atoms with Gasteiger partial charge in [-0.2, -0.15) is 0 Å². The molecule has 4 heteroatoms. The second-order valence-corrected chi connectivity index (χ2v) is 4.06. The topological polar surface area (TPSA) is 20.3 Å². The molecule has 1 rings (SSSR count). The highest BCUT2D eigenvalue weighted by Crippen LogP contribution is 2.10. The second-order valence-electron chi connectivity index (χ2n) is 4.06. The maximum Gasteiger partial charge on any atom is 0.176 e. The van der Waals surface area contributed by atoms with Gasteiger partial charge in [0.05, 0.1) is 6.54 Å². The second kappa shape index (κ2) is 5.16. The van der Waals surface area contributed by atoms with Crippen molar-refractivity contribution in [2.24, 2.45) is 0 Å². The average Bonchev–Trinajstić information content (AvgIpc) is 2.21. The van der Waals surface area contributed by atoms with Crippen molar-refractivity contribution in [3.63, 3.8) is 0 Å². The molecule has 88 valence electrons. The first kappa shape index (κ1) is 12.8. The summed E-state index contributed by atoms with van der Waals surface area (Å²) in [6, 6.07) is 3.44. The largest absolute Gasteiger partial charge is 0.296 e. The maximum atomic E-state index is 12.9. The zero-order valence-electron chi connectivity index (χ0n) is 9.63.